The van der Waals surface area contributed by atoms with E-state index in [9.17, 15) is 0 Å². The minimum Gasteiger partial charge on any atom is -0.314 e. The Morgan fingerprint density at radius 1 is 0.430 bits per heavy atom. The number of hydrogen-bond acceptors (Lipinski definition) is 4. The monoisotopic (exact) mass is 1060 g/mol. The van der Waals surface area contributed by atoms with Crippen LogP contribution in [0.15, 0.2) is 120 Å². The van der Waals surface area contributed by atoms with Crippen LogP contribution in [0.5, 0.6) is 0 Å². The Bertz CT molecular complexity index is 3530. The summed E-state index contributed by atoms with van der Waals surface area (Å²) in [4.78, 5) is 9.89. The maximum absolute atomic E-state index is 2.90. The topological polar surface area (TPSA) is 9.72 Å². The third-order valence-electron chi connectivity index (χ3n) is 22.2. The summed E-state index contributed by atoms with van der Waals surface area (Å²) in [7, 11) is 0. The zero-order valence-corrected chi connectivity index (χ0v) is 52.3. The maximum Gasteiger partial charge on any atom is 0.259 e. The molecule has 2 unspecified atom stereocenters. The molecule has 2 atom stereocenters. The lowest BCUT2D eigenvalue weighted by atomic mass is 9.35. The van der Waals surface area contributed by atoms with Crippen LogP contribution in [0.1, 0.15) is 207 Å². The van der Waals surface area contributed by atoms with Gasteiger partial charge in [-0.2, -0.15) is 0 Å². The van der Waals surface area contributed by atoms with E-state index >= 15 is 0 Å². The number of hydrogen-bond donors (Lipinski definition) is 0. The second kappa shape index (κ2) is 17.2. The molecule has 0 N–H and O–H groups in total. The molecule has 1 fully saturated rings. The molecule has 0 radical (unpaired) electrons. The number of rotatable bonds is 5. The molecule has 0 spiro atoms. The van der Waals surface area contributed by atoms with E-state index in [1.54, 1.807) is 16.1 Å². The fraction of sp³-hybridized carbons (Fsp3) is 0.486. The molecule has 79 heavy (non-hydrogen) atoms. The highest BCUT2D eigenvalue weighted by Gasteiger charge is 2.60. The highest BCUT2D eigenvalue weighted by Crippen LogP contribution is 2.66. The van der Waals surface area contributed by atoms with Crippen LogP contribution in [0.25, 0.3) is 0 Å². The lowest BCUT2D eigenvalue weighted by Gasteiger charge is -2.52. The molecule has 6 aromatic rings. The fourth-order valence-corrected chi connectivity index (χ4v) is 18.6. The molecule has 13 rings (SSSR count). The van der Waals surface area contributed by atoms with Crippen LogP contribution >= 0.6 is 11.8 Å². The van der Waals surface area contributed by atoms with E-state index in [1.807, 2.05) is 0 Å². The van der Waals surface area contributed by atoms with Gasteiger partial charge in [0.25, 0.3) is 6.71 Å². The van der Waals surface area contributed by atoms with Crippen molar-refractivity contribution in [2.75, 3.05) is 14.7 Å². The largest absolute Gasteiger partial charge is 0.314 e. The number of aryl methyl sites for hydroxylation is 2. The average Bonchev–Trinajstić information content (AvgIpc) is 2.58. The van der Waals surface area contributed by atoms with Crippen molar-refractivity contribution in [2.45, 2.75) is 214 Å². The third-order valence-corrected chi connectivity index (χ3v) is 24.1. The first-order valence-electron chi connectivity index (χ1n) is 30.5. The van der Waals surface area contributed by atoms with Gasteiger partial charge in [-0.25, -0.2) is 0 Å². The Morgan fingerprint density at radius 2 is 0.848 bits per heavy atom. The molecule has 4 aliphatic carbocycles. The van der Waals surface area contributed by atoms with Gasteiger partial charge in [0, 0.05) is 56.7 Å². The summed E-state index contributed by atoms with van der Waals surface area (Å²) in [5, 5.41) is 0.435. The molecule has 7 aliphatic rings. The maximum atomic E-state index is 2.90. The molecule has 0 aromatic heterocycles. The van der Waals surface area contributed by atoms with Gasteiger partial charge in [0.2, 0.25) is 0 Å². The molecule has 3 nitrogen and oxygen atoms in total. The van der Waals surface area contributed by atoms with Gasteiger partial charge in [0.1, 0.15) is 0 Å². The number of nitrogens with zero attached hydrogens (tertiary/aromatic N) is 3. The molecule has 1 saturated carbocycles. The van der Waals surface area contributed by atoms with Gasteiger partial charge in [-0.3, -0.25) is 0 Å². The van der Waals surface area contributed by atoms with Crippen molar-refractivity contribution in [2.24, 2.45) is 16.7 Å². The van der Waals surface area contributed by atoms with E-state index < -0.39 is 0 Å². The smallest absolute Gasteiger partial charge is 0.259 e. The first-order chi connectivity index (χ1) is 36.9. The summed E-state index contributed by atoms with van der Waals surface area (Å²) in [5.74, 6) is 0.349. The third kappa shape index (κ3) is 7.93. The van der Waals surface area contributed by atoms with E-state index in [0.29, 0.717) is 11.2 Å². The minimum atomic E-state index is 0.0286. The van der Waals surface area contributed by atoms with Gasteiger partial charge in [-0.1, -0.05) is 165 Å². The summed E-state index contributed by atoms with van der Waals surface area (Å²) < 4.78 is 0. The predicted molar refractivity (Wildman–Crippen MR) is 343 cm³/mol. The molecular weight excluding hydrogens is 974 g/mol. The summed E-state index contributed by atoms with van der Waals surface area (Å²) in [6.07, 6.45) is 9.54. The van der Waals surface area contributed by atoms with Crippen molar-refractivity contribution in [3.8, 4) is 0 Å². The summed E-state index contributed by atoms with van der Waals surface area (Å²) >= 11 is 2.29. The zero-order valence-electron chi connectivity index (χ0n) is 51.5. The van der Waals surface area contributed by atoms with Crippen molar-refractivity contribution >= 4 is 74.9 Å². The second-order valence-corrected chi connectivity index (χ2v) is 32.6. The van der Waals surface area contributed by atoms with E-state index in [4.69, 9.17) is 0 Å². The summed E-state index contributed by atoms with van der Waals surface area (Å²) in [5.41, 5.74) is 27.0. The van der Waals surface area contributed by atoms with Crippen molar-refractivity contribution in [3.05, 3.63) is 164 Å². The first kappa shape index (κ1) is 53.2. The minimum absolute atomic E-state index is 0.0286. The Kier molecular flexibility index (Phi) is 11.6. The van der Waals surface area contributed by atoms with E-state index in [2.05, 4.69) is 260 Å². The lowest BCUT2D eigenvalue weighted by molar-refractivity contribution is 0.0881. The van der Waals surface area contributed by atoms with Crippen LogP contribution in [0, 0.1) is 30.6 Å². The number of fused-ring (bicyclic) bond motifs is 8. The van der Waals surface area contributed by atoms with Gasteiger partial charge in [-0.05, 0) is 223 Å². The average molecular weight is 1060 g/mol. The molecule has 0 saturated heterocycles. The van der Waals surface area contributed by atoms with Crippen LogP contribution in [-0.2, 0) is 32.5 Å². The van der Waals surface area contributed by atoms with Gasteiger partial charge < -0.3 is 14.7 Å². The van der Waals surface area contributed by atoms with Crippen LogP contribution < -0.4 is 25.6 Å². The second-order valence-electron chi connectivity index (χ2n) is 31.4. The Hall–Kier alpha value is -5.13. The molecule has 6 aromatic carbocycles. The molecule has 0 bridgehead atoms. The lowest BCUT2D eigenvalue weighted by Crippen LogP contribution is -2.56. The van der Waals surface area contributed by atoms with E-state index in [1.165, 1.54) is 147 Å². The Balaban J connectivity index is 1.21. The SMILES string of the molecule is Cc1ccccc1N(c1cc2c3c(c1)N(c1ccc4c(c1)C(C)(C)CCC4(C)C)c1cc4c(cc1B3C1=C(C3C(S1)C(C)(C)CCC3(C)C)N2c1ccc2c(c1)C(C)(C)CCC2(C)C)C(C)(C)CCC4(C)C)c1ccccc1C. The molecule has 410 valence electrons. The van der Waals surface area contributed by atoms with Crippen molar-refractivity contribution in [3.63, 3.8) is 0 Å². The van der Waals surface area contributed by atoms with Gasteiger partial charge in [0.05, 0.1) is 5.69 Å². The number of anilines is 8. The van der Waals surface area contributed by atoms with Crippen LogP contribution in [0.3, 0.4) is 0 Å². The molecule has 0 amide bonds. The van der Waals surface area contributed by atoms with Crippen LogP contribution in [-0.4, -0.2) is 12.0 Å². The van der Waals surface area contributed by atoms with Gasteiger partial charge >= 0.3 is 0 Å². The quantitative estimate of drug-likeness (QED) is 0.159. The van der Waals surface area contributed by atoms with Crippen molar-refractivity contribution in [1.29, 1.82) is 0 Å². The molecule has 3 heterocycles. The first-order valence-corrected chi connectivity index (χ1v) is 31.4. The zero-order chi connectivity index (χ0) is 56.1. The Morgan fingerprint density at radius 3 is 1.34 bits per heavy atom. The number of benzene rings is 6. The van der Waals surface area contributed by atoms with Crippen LogP contribution in [0.2, 0.25) is 0 Å². The normalized spacial score (nSPS) is 24.3. The highest BCUT2D eigenvalue weighted by atomic mass is 32.2. The standard InChI is InChI=1S/C74H90BN3S/c1-45-23-19-21-25-57(45)77(58-26-22-20-24-46(58)2)49-41-60-63-61(42-49)78(48-28-30-51-53(40-48)70(9,10)34-32-68(51,5)6)64-62-65(74(17,18)38-37-73(62,15)16)79-66(64)75(63)56-43-54-55(72(13,14)36-35-71(54,11)12)44-59(56)76(60)47-27-29-50-52(39-47)69(7,8)33-31-67(50,3)4/h19-30,39-44,62,65H,31-38H2,1-18H3. The summed E-state index contributed by atoms with van der Waals surface area (Å²) in [6, 6.07) is 44.5. The fourth-order valence-electron chi connectivity index (χ4n) is 16.5. The van der Waals surface area contributed by atoms with E-state index in [0.717, 1.165) is 0 Å². The van der Waals surface area contributed by atoms with Gasteiger partial charge in [0.15, 0.2) is 0 Å². The molecule has 3 aliphatic heterocycles. The molecule has 5 heteroatoms. The highest BCUT2D eigenvalue weighted by molar-refractivity contribution is 8.06. The van der Waals surface area contributed by atoms with Gasteiger partial charge in [-0.15, -0.1) is 11.8 Å². The van der Waals surface area contributed by atoms with Crippen molar-refractivity contribution in [1.82, 2.24) is 0 Å². The van der Waals surface area contributed by atoms with E-state index in [-0.39, 0.29) is 50.0 Å². The summed E-state index contributed by atoms with van der Waals surface area (Å²) in [6.45, 7) is 45.2. The number of allylic oxidation sites excluding steroid dienone is 1. The Labute approximate surface area is 481 Å². The number of thioether (sulfide) groups is 1. The predicted octanol–water partition coefficient (Wildman–Crippen LogP) is 19.7. The van der Waals surface area contributed by atoms with Crippen molar-refractivity contribution < 1.29 is 0 Å². The van der Waals surface area contributed by atoms with Crippen LogP contribution in [0.4, 0.5) is 45.5 Å². The number of para-hydroxylation sites is 2. The molecular formula is C74H90BN3S.